The van der Waals surface area contributed by atoms with Crippen LogP contribution >= 0.6 is 0 Å². The Balaban J connectivity index is 1.26. The summed E-state index contributed by atoms with van der Waals surface area (Å²) in [6.07, 6.45) is 3.69. The predicted molar refractivity (Wildman–Crippen MR) is 188 cm³/mol. The molecule has 0 fully saturated rings. The molecule has 0 spiro atoms. The first-order valence-corrected chi connectivity index (χ1v) is 15.3. The second-order valence-corrected chi connectivity index (χ2v) is 11.1. The summed E-state index contributed by atoms with van der Waals surface area (Å²) in [6, 6.07) is 54.4. The van der Waals surface area contributed by atoms with E-state index in [9.17, 15) is 0 Å². The van der Waals surface area contributed by atoms with Crippen LogP contribution in [0.4, 0.5) is 0 Å². The Bertz CT molecular complexity index is 2280. The van der Waals surface area contributed by atoms with Crippen molar-refractivity contribution in [2.24, 2.45) is 0 Å². The molecule has 8 aromatic rings. The predicted octanol–water partition coefficient (Wildman–Crippen LogP) is 10.4. The van der Waals surface area contributed by atoms with E-state index in [4.69, 9.17) is 15.0 Å². The van der Waals surface area contributed by atoms with Gasteiger partial charge in [-0.1, -0.05) is 140 Å². The van der Waals surface area contributed by atoms with Gasteiger partial charge in [0.2, 0.25) is 0 Å². The average molecular weight is 589 g/mol. The zero-order valence-electron chi connectivity index (χ0n) is 25.0. The normalized spacial score (nSPS) is 11.0. The van der Waals surface area contributed by atoms with Crippen LogP contribution in [0, 0.1) is 0 Å². The third-order valence-electron chi connectivity index (χ3n) is 8.25. The fourth-order valence-corrected chi connectivity index (χ4v) is 5.93. The number of aromatic nitrogens is 4. The third kappa shape index (κ3) is 5.33. The highest BCUT2D eigenvalue weighted by Gasteiger charge is 2.16. The van der Waals surface area contributed by atoms with E-state index >= 15 is 0 Å². The van der Waals surface area contributed by atoms with E-state index in [0.717, 1.165) is 60.8 Å². The number of hydrogen-bond donors (Lipinski definition) is 0. The van der Waals surface area contributed by atoms with Gasteiger partial charge in [0.25, 0.3) is 0 Å². The summed E-state index contributed by atoms with van der Waals surface area (Å²) in [5.41, 5.74) is 9.66. The number of benzene rings is 6. The van der Waals surface area contributed by atoms with E-state index < -0.39 is 0 Å². The molecule has 0 aliphatic heterocycles. The van der Waals surface area contributed by atoms with Crippen LogP contribution < -0.4 is 0 Å². The lowest BCUT2D eigenvalue weighted by atomic mass is 9.93. The van der Waals surface area contributed by atoms with Gasteiger partial charge < -0.3 is 0 Å². The summed E-state index contributed by atoms with van der Waals surface area (Å²) < 4.78 is 0. The van der Waals surface area contributed by atoms with Gasteiger partial charge in [-0.2, -0.15) is 0 Å². The number of rotatable bonds is 6. The van der Waals surface area contributed by atoms with Gasteiger partial charge in [-0.15, -0.1) is 0 Å². The van der Waals surface area contributed by atoms with Crippen molar-refractivity contribution in [2.45, 2.75) is 0 Å². The maximum Gasteiger partial charge on any atom is 0.164 e. The van der Waals surface area contributed by atoms with Gasteiger partial charge in [0.15, 0.2) is 17.5 Å². The maximum absolute atomic E-state index is 5.10. The summed E-state index contributed by atoms with van der Waals surface area (Å²) in [7, 11) is 0. The Morgan fingerprint density at radius 3 is 1.54 bits per heavy atom. The number of hydrogen-bond acceptors (Lipinski definition) is 4. The highest BCUT2D eigenvalue weighted by Crippen LogP contribution is 2.36. The summed E-state index contributed by atoms with van der Waals surface area (Å²) in [6.45, 7) is 0. The maximum atomic E-state index is 5.10. The molecule has 2 heterocycles. The Morgan fingerprint density at radius 2 is 0.826 bits per heavy atom. The lowest BCUT2D eigenvalue weighted by molar-refractivity contribution is 1.08. The summed E-state index contributed by atoms with van der Waals surface area (Å²) in [5, 5.41) is 2.23. The van der Waals surface area contributed by atoms with Crippen LogP contribution in [-0.4, -0.2) is 19.9 Å². The smallest absolute Gasteiger partial charge is 0.164 e. The molecule has 0 aliphatic carbocycles. The molecule has 0 N–H and O–H groups in total. The van der Waals surface area contributed by atoms with Crippen molar-refractivity contribution in [3.63, 3.8) is 0 Å². The van der Waals surface area contributed by atoms with Crippen molar-refractivity contribution in [3.05, 3.63) is 170 Å². The molecule has 4 heteroatoms. The first-order valence-electron chi connectivity index (χ1n) is 15.3. The molecule has 0 bridgehead atoms. The Morgan fingerprint density at radius 1 is 0.304 bits per heavy atom. The molecule has 46 heavy (non-hydrogen) atoms. The fraction of sp³-hybridized carbons (Fsp3) is 0. The zero-order chi connectivity index (χ0) is 30.7. The quantitative estimate of drug-likeness (QED) is 0.194. The summed E-state index contributed by atoms with van der Waals surface area (Å²) in [5.74, 6) is 1.93. The Labute approximate surface area is 267 Å². The van der Waals surface area contributed by atoms with Gasteiger partial charge in [0.05, 0.1) is 0 Å². The van der Waals surface area contributed by atoms with E-state index in [-0.39, 0.29) is 0 Å². The minimum atomic E-state index is 0.640. The van der Waals surface area contributed by atoms with E-state index in [1.54, 1.807) is 6.20 Å². The molecule has 4 nitrogen and oxygen atoms in total. The topological polar surface area (TPSA) is 51.6 Å². The van der Waals surface area contributed by atoms with Crippen molar-refractivity contribution in [1.29, 1.82) is 0 Å². The summed E-state index contributed by atoms with van der Waals surface area (Å²) >= 11 is 0. The first-order chi connectivity index (χ1) is 22.8. The van der Waals surface area contributed by atoms with Crippen LogP contribution in [0.2, 0.25) is 0 Å². The van der Waals surface area contributed by atoms with Gasteiger partial charge in [-0.25, -0.2) is 15.0 Å². The van der Waals surface area contributed by atoms with E-state index in [2.05, 4.69) is 120 Å². The van der Waals surface area contributed by atoms with E-state index in [1.165, 1.54) is 0 Å². The molecule has 6 aromatic carbocycles. The van der Waals surface area contributed by atoms with Crippen molar-refractivity contribution >= 4 is 10.8 Å². The van der Waals surface area contributed by atoms with Crippen molar-refractivity contribution < 1.29 is 0 Å². The van der Waals surface area contributed by atoms with E-state index in [0.29, 0.717) is 17.5 Å². The van der Waals surface area contributed by atoms with Crippen LogP contribution in [0.3, 0.4) is 0 Å². The molecule has 0 saturated carbocycles. The lowest BCUT2D eigenvalue weighted by Gasteiger charge is -2.14. The number of pyridine rings is 1. The van der Waals surface area contributed by atoms with Gasteiger partial charge in [-0.3, -0.25) is 4.98 Å². The van der Waals surface area contributed by atoms with Crippen LogP contribution in [0.25, 0.3) is 78.3 Å². The minimum absolute atomic E-state index is 0.640. The summed E-state index contributed by atoms with van der Waals surface area (Å²) in [4.78, 5) is 19.4. The van der Waals surface area contributed by atoms with Crippen LogP contribution in [0.15, 0.2) is 170 Å². The lowest BCUT2D eigenvalue weighted by Crippen LogP contribution is -2.01. The van der Waals surface area contributed by atoms with Crippen LogP contribution in [0.1, 0.15) is 0 Å². The largest absolute Gasteiger partial charge is 0.264 e. The molecule has 0 aliphatic rings. The molecule has 2 aromatic heterocycles. The van der Waals surface area contributed by atoms with Crippen molar-refractivity contribution in [1.82, 2.24) is 19.9 Å². The molecule has 8 rings (SSSR count). The van der Waals surface area contributed by atoms with Crippen LogP contribution in [-0.2, 0) is 0 Å². The van der Waals surface area contributed by atoms with Crippen molar-refractivity contribution in [3.8, 4) is 67.5 Å². The second kappa shape index (κ2) is 12.0. The van der Waals surface area contributed by atoms with Crippen LogP contribution in [0.5, 0.6) is 0 Å². The molecule has 0 radical (unpaired) electrons. The third-order valence-corrected chi connectivity index (χ3v) is 8.25. The zero-order valence-corrected chi connectivity index (χ0v) is 25.0. The minimum Gasteiger partial charge on any atom is -0.264 e. The van der Waals surface area contributed by atoms with Gasteiger partial charge in [0.1, 0.15) is 0 Å². The fourth-order valence-electron chi connectivity index (χ4n) is 5.93. The van der Waals surface area contributed by atoms with E-state index in [1.807, 2.05) is 48.7 Å². The SMILES string of the molecule is c1ccc(-c2cccc(-c3nc(-c4ccccc4)nc(-c4ccc(-c5ccc(-c6cccnc6)cc5)c5ccccc45)n3)c2)cc1. The molecule has 0 saturated heterocycles. The second-order valence-electron chi connectivity index (χ2n) is 11.1. The van der Waals surface area contributed by atoms with Gasteiger partial charge in [0, 0.05) is 29.1 Å². The monoisotopic (exact) mass is 588 g/mol. The molecule has 0 unspecified atom stereocenters. The molecule has 216 valence electrons. The highest BCUT2D eigenvalue weighted by atomic mass is 15.0. The Kier molecular flexibility index (Phi) is 7.14. The molecule has 0 amide bonds. The number of fused-ring (bicyclic) bond motifs is 1. The highest BCUT2D eigenvalue weighted by molar-refractivity contribution is 6.04. The molecular weight excluding hydrogens is 560 g/mol. The standard InChI is InChI=1S/C42H28N4/c1-3-11-29(12-4-1)33-15-9-16-34(27-33)41-44-40(32-13-5-2-6-14-32)45-42(46-41)39-25-24-36(37-18-7-8-19-38(37)39)31-22-20-30(21-23-31)35-17-10-26-43-28-35/h1-28H. The van der Waals surface area contributed by atoms with Gasteiger partial charge >= 0.3 is 0 Å². The average Bonchev–Trinajstić information content (AvgIpc) is 3.15. The van der Waals surface area contributed by atoms with Gasteiger partial charge in [-0.05, 0) is 62.4 Å². The molecular formula is C42H28N4. The van der Waals surface area contributed by atoms with Crippen molar-refractivity contribution in [2.75, 3.05) is 0 Å². The Hall–Kier alpha value is -6.26. The number of nitrogens with zero attached hydrogens (tertiary/aromatic N) is 4. The molecule has 0 atom stereocenters. The first kappa shape index (κ1) is 27.3.